The number of hydrogen-bond acceptors (Lipinski definition) is 4. The number of allylic oxidation sites excluding steroid dienone is 3. The minimum atomic E-state index is -1.28. The van der Waals surface area contributed by atoms with E-state index in [1.54, 1.807) is 0 Å². The fourth-order valence-corrected chi connectivity index (χ4v) is 3.37. The number of aliphatic carboxylic acids is 1. The number of hydrogen-bond donors (Lipinski definition) is 2. The number of ether oxygens (including phenoxy) is 2. The van der Waals surface area contributed by atoms with Gasteiger partial charge in [0.25, 0.3) is 0 Å². The van der Waals surface area contributed by atoms with Gasteiger partial charge < -0.3 is 19.7 Å². The van der Waals surface area contributed by atoms with Gasteiger partial charge >= 0.3 is 5.97 Å². The Morgan fingerprint density at radius 3 is 2.68 bits per heavy atom. The first kappa shape index (κ1) is 20.1. The zero-order chi connectivity index (χ0) is 18.1. The molecule has 3 saturated heterocycles. The van der Waals surface area contributed by atoms with Crippen LogP contribution in [0.2, 0.25) is 0 Å². The van der Waals surface area contributed by atoms with Crippen molar-refractivity contribution in [1.82, 2.24) is 0 Å². The summed E-state index contributed by atoms with van der Waals surface area (Å²) in [4.78, 5) is 10.6. The van der Waals surface area contributed by atoms with Gasteiger partial charge in [0, 0.05) is 12.3 Å². The predicted molar refractivity (Wildman–Crippen MR) is 96.2 cm³/mol. The highest BCUT2D eigenvalue weighted by atomic mass is 16.7. The predicted octanol–water partition coefficient (Wildman–Crippen LogP) is 3.82. The second kappa shape index (κ2) is 10.7. The van der Waals surface area contributed by atoms with Gasteiger partial charge in [-0.1, -0.05) is 50.5 Å². The number of carbonyl (C=O) groups is 1. The molecule has 3 aliphatic rings. The second-order valence-corrected chi connectivity index (χ2v) is 7.02. The number of unbranched alkanes of at least 4 members (excludes halogenated alkanes) is 4. The van der Waals surface area contributed by atoms with Crippen LogP contribution >= 0.6 is 0 Å². The molecular formula is C20H32O5. The Bertz CT molecular complexity index is 453. The molecule has 5 heteroatoms. The topological polar surface area (TPSA) is 76.0 Å². The fourth-order valence-electron chi connectivity index (χ4n) is 3.37. The van der Waals surface area contributed by atoms with E-state index in [-0.39, 0.29) is 24.9 Å². The summed E-state index contributed by atoms with van der Waals surface area (Å²) in [6.07, 6.45) is 16.3. The summed E-state index contributed by atoms with van der Waals surface area (Å²) in [7, 11) is 0. The van der Waals surface area contributed by atoms with E-state index in [0.29, 0.717) is 12.3 Å². The standard InChI is InChI=1S/C20H32O5/c1-2-3-4-5-6-10-13-17-15(18-14-19(24-17)25-18)11-8-7-9-12-16(21)20(22)23/h7-8,10,13,15-19,21H,2-6,9,11-12,14H2,1H3,(H,22,23)/t15-,16?,17-,18?,19?/m1/s1. The lowest BCUT2D eigenvalue weighted by molar-refractivity contribution is -0.337. The number of aliphatic hydroxyl groups excluding tert-OH is 1. The lowest BCUT2D eigenvalue weighted by Gasteiger charge is -2.49. The Balaban J connectivity index is 1.72. The highest BCUT2D eigenvalue weighted by Crippen LogP contribution is 2.40. The van der Waals surface area contributed by atoms with Crippen LogP contribution in [0.3, 0.4) is 0 Å². The van der Waals surface area contributed by atoms with Crippen molar-refractivity contribution in [2.45, 2.75) is 89.3 Å². The van der Waals surface area contributed by atoms with Crippen LogP contribution in [0.1, 0.15) is 64.7 Å². The number of fused-ring (bicyclic) bond motifs is 2. The van der Waals surface area contributed by atoms with Gasteiger partial charge in [0.1, 0.15) is 0 Å². The molecule has 25 heavy (non-hydrogen) atoms. The Morgan fingerprint density at radius 2 is 1.96 bits per heavy atom. The number of rotatable bonds is 12. The molecule has 0 radical (unpaired) electrons. The van der Waals surface area contributed by atoms with Gasteiger partial charge in [-0.05, 0) is 32.1 Å². The Morgan fingerprint density at radius 1 is 1.16 bits per heavy atom. The Labute approximate surface area is 150 Å². The van der Waals surface area contributed by atoms with Gasteiger partial charge in [0.05, 0.1) is 12.2 Å². The van der Waals surface area contributed by atoms with Crippen molar-refractivity contribution in [3.8, 4) is 0 Å². The summed E-state index contributed by atoms with van der Waals surface area (Å²) in [5, 5.41) is 17.9. The summed E-state index contributed by atoms with van der Waals surface area (Å²) in [6, 6.07) is 0. The SMILES string of the molecule is CCCCCCC=C[C@H]1OC2CC(O2)[C@@H]1CC=CCCC(O)C(=O)O. The van der Waals surface area contributed by atoms with E-state index in [1.807, 2.05) is 6.08 Å². The summed E-state index contributed by atoms with van der Waals surface area (Å²) < 4.78 is 11.7. The van der Waals surface area contributed by atoms with Crippen LogP contribution in [-0.4, -0.2) is 40.8 Å². The molecule has 2 N–H and O–H groups in total. The molecule has 0 aliphatic carbocycles. The van der Waals surface area contributed by atoms with Crippen LogP contribution in [0.15, 0.2) is 24.3 Å². The molecule has 0 aromatic rings. The Hall–Kier alpha value is -1.17. The number of carboxylic acid groups (broad SMARTS) is 1. The molecule has 5 atom stereocenters. The van der Waals surface area contributed by atoms with Crippen molar-refractivity contribution in [2.75, 3.05) is 0 Å². The minimum Gasteiger partial charge on any atom is -0.479 e. The molecule has 3 rings (SSSR count). The molecule has 0 spiro atoms. The maximum atomic E-state index is 10.6. The third-order valence-electron chi connectivity index (χ3n) is 4.98. The molecule has 0 amide bonds. The third kappa shape index (κ3) is 6.57. The zero-order valence-electron chi connectivity index (χ0n) is 15.2. The molecule has 2 bridgehead atoms. The van der Waals surface area contributed by atoms with Crippen molar-refractivity contribution in [3.63, 3.8) is 0 Å². The van der Waals surface area contributed by atoms with Gasteiger partial charge in [0.15, 0.2) is 12.4 Å². The van der Waals surface area contributed by atoms with Crippen molar-refractivity contribution in [3.05, 3.63) is 24.3 Å². The van der Waals surface area contributed by atoms with Crippen molar-refractivity contribution in [2.24, 2.45) is 5.92 Å². The van der Waals surface area contributed by atoms with Crippen molar-refractivity contribution < 1.29 is 24.5 Å². The van der Waals surface area contributed by atoms with E-state index in [9.17, 15) is 9.90 Å². The van der Waals surface area contributed by atoms with Crippen molar-refractivity contribution >= 4 is 5.97 Å². The summed E-state index contributed by atoms with van der Waals surface area (Å²) in [6.45, 7) is 2.22. The van der Waals surface area contributed by atoms with E-state index in [0.717, 1.165) is 19.3 Å². The van der Waals surface area contributed by atoms with E-state index in [4.69, 9.17) is 14.6 Å². The maximum absolute atomic E-state index is 10.6. The molecule has 0 saturated carbocycles. The Kier molecular flexibility index (Phi) is 8.65. The molecule has 0 aromatic carbocycles. The molecular weight excluding hydrogens is 320 g/mol. The summed E-state index contributed by atoms with van der Waals surface area (Å²) in [5.41, 5.74) is 0. The molecule has 5 nitrogen and oxygen atoms in total. The normalized spacial score (nSPS) is 29.8. The molecule has 3 unspecified atom stereocenters. The average Bonchev–Trinajstić information content (AvgIpc) is 2.57. The van der Waals surface area contributed by atoms with Crippen molar-refractivity contribution in [1.29, 1.82) is 0 Å². The fraction of sp³-hybridized carbons (Fsp3) is 0.750. The molecule has 142 valence electrons. The van der Waals surface area contributed by atoms with E-state index >= 15 is 0 Å². The van der Waals surface area contributed by atoms with Crippen LogP contribution in [-0.2, 0) is 14.3 Å². The molecule has 3 fully saturated rings. The van der Waals surface area contributed by atoms with Crippen LogP contribution in [0.5, 0.6) is 0 Å². The van der Waals surface area contributed by atoms with Gasteiger partial charge in [-0.2, -0.15) is 0 Å². The summed E-state index contributed by atoms with van der Waals surface area (Å²) >= 11 is 0. The highest BCUT2D eigenvalue weighted by Gasteiger charge is 2.46. The van der Waals surface area contributed by atoms with Gasteiger partial charge in [0.2, 0.25) is 0 Å². The molecule has 0 aromatic heterocycles. The zero-order valence-corrected chi connectivity index (χ0v) is 15.2. The van der Waals surface area contributed by atoms with E-state index in [2.05, 4.69) is 25.2 Å². The molecule has 3 heterocycles. The largest absolute Gasteiger partial charge is 0.479 e. The van der Waals surface area contributed by atoms with Crippen LogP contribution < -0.4 is 0 Å². The summed E-state index contributed by atoms with van der Waals surface area (Å²) in [5.74, 6) is -0.843. The number of carboxylic acids is 1. The van der Waals surface area contributed by atoms with Gasteiger partial charge in [-0.15, -0.1) is 0 Å². The number of aliphatic hydroxyl groups is 1. The lowest BCUT2D eigenvalue weighted by Crippen LogP contribution is -2.55. The van der Waals surface area contributed by atoms with Crippen LogP contribution in [0, 0.1) is 5.92 Å². The van der Waals surface area contributed by atoms with Gasteiger partial charge in [-0.3, -0.25) is 0 Å². The molecule has 3 aliphatic heterocycles. The lowest BCUT2D eigenvalue weighted by atomic mass is 9.84. The minimum absolute atomic E-state index is 0.0364. The highest BCUT2D eigenvalue weighted by molar-refractivity contribution is 5.71. The monoisotopic (exact) mass is 352 g/mol. The van der Waals surface area contributed by atoms with Crippen LogP contribution in [0.4, 0.5) is 0 Å². The first-order valence-corrected chi connectivity index (χ1v) is 9.65. The quantitative estimate of drug-likeness (QED) is 0.412. The third-order valence-corrected chi connectivity index (χ3v) is 4.98. The van der Waals surface area contributed by atoms with E-state index < -0.39 is 12.1 Å². The first-order valence-electron chi connectivity index (χ1n) is 9.65. The van der Waals surface area contributed by atoms with Gasteiger partial charge in [-0.25, -0.2) is 4.79 Å². The van der Waals surface area contributed by atoms with Crippen LogP contribution in [0.25, 0.3) is 0 Å². The second-order valence-electron chi connectivity index (χ2n) is 7.02. The van der Waals surface area contributed by atoms with E-state index in [1.165, 1.54) is 25.7 Å². The first-order chi connectivity index (χ1) is 12.1. The smallest absolute Gasteiger partial charge is 0.332 e. The maximum Gasteiger partial charge on any atom is 0.332 e. The average molecular weight is 352 g/mol.